The van der Waals surface area contributed by atoms with Gasteiger partial charge in [-0.1, -0.05) is 26.7 Å². The van der Waals surface area contributed by atoms with E-state index >= 15 is 0 Å². The quantitative estimate of drug-likeness (QED) is 0.614. The molecule has 2 atom stereocenters. The number of amides is 1. The lowest BCUT2D eigenvalue weighted by molar-refractivity contribution is -0.125. The number of benzene rings is 1. The number of halogens is 1. The second kappa shape index (κ2) is 10.5. The molecule has 0 radical (unpaired) electrons. The molecule has 150 valence electrons. The number of rotatable bonds is 8. The van der Waals surface area contributed by atoms with Gasteiger partial charge in [0.1, 0.15) is 0 Å². The van der Waals surface area contributed by atoms with Gasteiger partial charge in [-0.05, 0) is 53.2 Å². The van der Waals surface area contributed by atoms with Crippen molar-refractivity contribution in [3.8, 4) is 11.5 Å². The number of methoxy groups -OCH3 is 1. The highest BCUT2D eigenvalue weighted by molar-refractivity contribution is 9.10. The summed E-state index contributed by atoms with van der Waals surface area (Å²) in [5.74, 6) is 0.582. The van der Waals surface area contributed by atoms with Gasteiger partial charge in [-0.2, -0.15) is 0 Å². The van der Waals surface area contributed by atoms with Crippen molar-refractivity contribution in [2.45, 2.75) is 52.0 Å². The molecule has 1 aromatic rings. The fourth-order valence-corrected chi connectivity index (χ4v) is 3.73. The Bertz CT molecular complexity index is 664. The van der Waals surface area contributed by atoms with Crippen molar-refractivity contribution in [2.75, 3.05) is 20.3 Å². The van der Waals surface area contributed by atoms with Crippen molar-refractivity contribution in [1.82, 2.24) is 5.32 Å². The minimum absolute atomic E-state index is 0.161. The summed E-state index contributed by atoms with van der Waals surface area (Å²) in [7, 11) is 1.51. The highest BCUT2D eigenvalue weighted by atomic mass is 79.9. The molecule has 1 saturated carbocycles. The lowest BCUT2D eigenvalue weighted by atomic mass is 9.86. The molecule has 1 amide bonds. The zero-order valence-electron chi connectivity index (χ0n) is 16.2. The molecule has 0 spiro atoms. The summed E-state index contributed by atoms with van der Waals surface area (Å²) in [5.41, 5.74) is 0.293. The van der Waals surface area contributed by atoms with Crippen molar-refractivity contribution in [3.63, 3.8) is 0 Å². The Morgan fingerprint density at radius 1 is 1.26 bits per heavy atom. The van der Waals surface area contributed by atoms with Crippen molar-refractivity contribution in [2.24, 2.45) is 5.92 Å². The molecule has 0 saturated heterocycles. The number of nitrogens with one attached hydrogen (secondary N) is 1. The van der Waals surface area contributed by atoms with Crippen LogP contribution < -0.4 is 14.8 Å². The molecule has 1 aliphatic carbocycles. The highest BCUT2D eigenvalue weighted by Crippen LogP contribution is 2.37. The van der Waals surface area contributed by atoms with Crippen LogP contribution in [0.4, 0.5) is 0 Å². The van der Waals surface area contributed by atoms with E-state index in [9.17, 15) is 9.59 Å². The Labute approximate surface area is 169 Å². The number of ether oxygens (including phenoxy) is 3. The molecule has 27 heavy (non-hydrogen) atoms. The first-order chi connectivity index (χ1) is 13.0. The second-order valence-corrected chi connectivity index (χ2v) is 7.70. The Balaban J connectivity index is 1.94. The van der Waals surface area contributed by atoms with Crippen LogP contribution in [0.3, 0.4) is 0 Å². The van der Waals surface area contributed by atoms with E-state index in [2.05, 4.69) is 28.2 Å². The van der Waals surface area contributed by atoms with E-state index in [1.807, 2.05) is 6.92 Å². The third-order valence-electron chi connectivity index (χ3n) is 4.71. The van der Waals surface area contributed by atoms with Crippen LogP contribution in [0.25, 0.3) is 0 Å². The number of hydrogen-bond acceptors (Lipinski definition) is 5. The molecule has 2 rings (SSSR count). The SMILES string of the molecule is CCCOc1c(Br)cc(C(=O)OCC(=O)NC2CCCCC2C)cc1OC. The molecule has 1 N–H and O–H groups in total. The molecule has 1 aromatic carbocycles. The van der Waals surface area contributed by atoms with Crippen LogP contribution in [0.15, 0.2) is 16.6 Å². The van der Waals surface area contributed by atoms with Gasteiger partial charge in [0.05, 0.1) is 23.8 Å². The minimum atomic E-state index is -0.581. The van der Waals surface area contributed by atoms with Gasteiger partial charge in [0.2, 0.25) is 0 Å². The van der Waals surface area contributed by atoms with Crippen LogP contribution in [0, 0.1) is 5.92 Å². The van der Waals surface area contributed by atoms with Crippen LogP contribution in [0.2, 0.25) is 0 Å². The molecule has 1 fully saturated rings. The van der Waals surface area contributed by atoms with Crippen LogP contribution in [-0.2, 0) is 9.53 Å². The monoisotopic (exact) mass is 441 g/mol. The normalized spacial score (nSPS) is 19.3. The first-order valence-electron chi connectivity index (χ1n) is 9.43. The molecule has 2 unspecified atom stereocenters. The Morgan fingerprint density at radius 2 is 2.00 bits per heavy atom. The maximum atomic E-state index is 12.3. The van der Waals surface area contributed by atoms with Gasteiger partial charge in [-0.25, -0.2) is 4.79 Å². The van der Waals surface area contributed by atoms with E-state index in [0.717, 1.165) is 25.7 Å². The average molecular weight is 442 g/mol. The average Bonchev–Trinajstić information content (AvgIpc) is 2.66. The molecule has 0 aromatic heterocycles. The minimum Gasteiger partial charge on any atom is -0.493 e. The van der Waals surface area contributed by atoms with Crippen LogP contribution in [0.5, 0.6) is 11.5 Å². The van der Waals surface area contributed by atoms with E-state index in [1.165, 1.54) is 13.5 Å². The lowest BCUT2D eigenvalue weighted by Crippen LogP contribution is -2.42. The number of carbonyl (C=O) groups is 2. The highest BCUT2D eigenvalue weighted by Gasteiger charge is 2.23. The largest absolute Gasteiger partial charge is 0.493 e. The molecule has 6 nitrogen and oxygen atoms in total. The van der Waals surface area contributed by atoms with Gasteiger partial charge in [0, 0.05) is 6.04 Å². The second-order valence-electron chi connectivity index (χ2n) is 6.85. The fourth-order valence-electron chi connectivity index (χ4n) is 3.18. The fraction of sp³-hybridized carbons (Fsp3) is 0.600. The number of esters is 1. The van der Waals surface area contributed by atoms with Gasteiger partial charge in [0.15, 0.2) is 18.1 Å². The first kappa shape index (κ1) is 21.5. The summed E-state index contributed by atoms with van der Waals surface area (Å²) >= 11 is 3.40. The lowest BCUT2D eigenvalue weighted by Gasteiger charge is -2.29. The molecule has 1 aliphatic rings. The molecule has 0 aliphatic heterocycles. The van der Waals surface area contributed by atoms with E-state index < -0.39 is 5.97 Å². The standard InChI is InChI=1S/C20H28BrNO5/c1-4-9-26-19-15(21)10-14(11-17(19)25-3)20(24)27-12-18(23)22-16-8-6-5-7-13(16)2/h10-11,13,16H,4-9,12H2,1-3H3,(H,22,23). The summed E-state index contributed by atoms with van der Waals surface area (Å²) in [6.45, 7) is 4.39. The van der Waals surface area contributed by atoms with E-state index in [1.54, 1.807) is 12.1 Å². The Kier molecular flexibility index (Phi) is 8.41. The van der Waals surface area contributed by atoms with Gasteiger partial charge in [-0.3, -0.25) is 4.79 Å². The van der Waals surface area contributed by atoms with Crippen molar-refractivity contribution >= 4 is 27.8 Å². The summed E-state index contributed by atoms with van der Waals surface area (Å²) < 4.78 is 16.7. The van der Waals surface area contributed by atoms with Crippen LogP contribution >= 0.6 is 15.9 Å². The Morgan fingerprint density at radius 3 is 2.67 bits per heavy atom. The Hall–Kier alpha value is -1.76. The number of hydrogen-bond donors (Lipinski definition) is 1. The zero-order valence-corrected chi connectivity index (χ0v) is 17.8. The van der Waals surface area contributed by atoms with E-state index in [4.69, 9.17) is 14.2 Å². The predicted octanol–water partition coefficient (Wildman–Crippen LogP) is 4.10. The van der Waals surface area contributed by atoms with Crippen molar-refractivity contribution < 1.29 is 23.8 Å². The van der Waals surface area contributed by atoms with Crippen molar-refractivity contribution in [1.29, 1.82) is 0 Å². The maximum absolute atomic E-state index is 12.3. The number of carbonyl (C=O) groups excluding carboxylic acids is 2. The zero-order chi connectivity index (χ0) is 19.8. The van der Waals surface area contributed by atoms with E-state index in [0.29, 0.717) is 34.1 Å². The third-order valence-corrected chi connectivity index (χ3v) is 5.30. The molecular formula is C20H28BrNO5. The summed E-state index contributed by atoms with van der Waals surface area (Å²) in [6.07, 6.45) is 5.27. The van der Waals surface area contributed by atoms with Gasteiger partial charge in [-0.15, -0.1) is 0 Å². The van der Waals surface area contributed by atoms with E-state index in [-0.39, 0.29) is 18.6 Å². The molecule has 7 heteroatoms. The molecule has 0 heterocycles. The topological polar surface area (TPSA) is 73.9 Å². The summed E-state index contributed by atoms with van der Waals surface area (Å²) in [5, 5.41) is 2.97. The van der Waals surface area contributed by atoms with Crippen molar-refractivity contribution in [3.05, 3.63) is 22.2 Å². The van der Waals surface area contributed by atoms with Gasteiger partial charge < -0.3 is 19.5 Å². The summed E-state index contributed by atoms with van der Waals surface area (Å²) in [4.78, 5) is 24.4. The van der Waals surface area contributed by atoms with Gasteiger partial charge >= 0.3 is 5.97 Å². The van der Waals surface area contributed by atoms with Gasteiger partial charge in [0.25, 0.3) is 5.91 Å². The van der Waals surface area contributed by atoms with Crippen LogP contribution in [0.1, 0.15) is 56.3 Å². The van der Waals surface area contributed by atoms with Crippen LogP contribution in [-0.4, -0.2) is 38.2 Å². The molecular weight excluding hydrogens is 414 g/mol. The maximum Gasteiger partial charge on any atom is 0.338 e. The predicted molar refractivity (Wildman–Crippen MR) is 106 cm³/mol. The smallest absolute Gasteiger partial charge is 0.338 e. The first-order valence-corrected chi connectivity index (χ1v) is 10.2. The third kappa shape index (κ3) is 6.13. The molecule has 0 bridgehead atoms. The summed E-state index contributed by atoms with van der Waals surface area (Å²) in [6, 6.07) is 3.32.